The van der Waals surface area contributed by atoms with Crippen LogP contribution in [-0.2, 0) is 19.5 Å². The Kier molecular flexibility index (Phi) is 6.86. The fourth-order valence-corrected chi connectivity index (χ4v) is 4.91. The van der Waals surface area contributed by atoms with E-state index in [4.69, 9.17) is 14.2 Å². The van der Waals surface area contributed by atoms with Crippen LogP contribution < -0.4 is 19.5 Å². The Bertz CT molecular complexity index is 1390. The van der Waals surface area contributed by atoms with Gasteiger partial charge in [-0.05, 0) is 55.7 Å². The van der Waals surface area contributed by atoms with E-state index in [1.54, 1.807) is 18.3 Å². The molecule has 3 heterocycles. The smallest absolute Gasteiger partial charge is 0.279 e. The summed E-state index contributed by atoms with van der Waals surface area (Å²) in [6.45, 7) is 3.12. The number of fused-ring (bicyclic) bond motifs is 1. The molecule has 1 N–H and O–H groups in total. The number of hydrogen-bond acceptors (Lipinski definition) is 7. The van der Waals surface area contributed by atoms with E-state index in [2.05, 4.69) is 15.4 Å². The fraction of sp³-hybridized carbons (Fsp3) is 0.269. The van der Waals surface area contributed by atoms with E-state index < -0.39 is 5.82 Å². The molecule has 2 aromatic heterocycles. The quantitative estimate of drug-likeness (QED) is 0.348. The number of hydrogen-bond donors (Lipinski definition) is 1. The van der Waals surface area contributed by atoms with Gasteiger partial charge in [0, 0.05) is 18.3 Å². The molecule has 4 aromatic rings. The van der Waals surface area contributed by atoms with Crippen LogP contribution in [0.3, 0.4) is 0 Å². The molecule has 10 heteroatoms. The summed E-state index contributed by atoms with van der Waals surface area (Å²) in [5.41, 5.74) is 2.61. The summed E-state index contributed by atoms with van der Waals surface area (Å²) in [5, 5.41) is 7.47. The van der Waals surface area contributed by atoms with Crippen molar-refractivity contribution in [2.75, 3.05) is 7.11 Å². The average Bonchev–Trinajstić information content (AvgIpc) is 3.56. The molecule has 0 spiro atoms. The van der Waals surface area contributed by atoms with Crippen molar-refractivity contribution in [1.82, 2.24) is 20.1 Å². The highest BCUT2D eigenvalue weighted by Gasteiger charge is 2.26. The second-order valence-corrected chi connectivity index (χ2v) is 9.18. The van der Waals surface area contributed by atoms with Gasteiger partial charge in [-0.15, -0.1) is 0 Å². The van der Waals surface area contributed by atoms with Crippen molar-refractivity contribution in [1.29, 1.82) is 0 Å². The molecular formula is C26H25FN4O4S. The number of rotatable bonds is 8. The number of thiazole rings is 1. The van der Waals surface area contributed by atoms with Crippen LogP contribution in [0.2, 0.25) is 0 Å². The zero-order valence-corrected chi connectivity index (χ0v) is 20.7. The minimum absolute atomic E-state index is 0.213. The molecule has 1 aliphatic rings. The third-order valence-corrected chi connectivity index (χ3v) is 6.85. The van der Waals surface area contributed by atoms with Crippen LogP contribution in [0.5, 0.6) is 22.4 Å². The maximum atomic E-state index is 14.1. The van der Waals surface area contributed by atoms with Gasteiger partial charge in [0.1, 0.15) is 22.5 Å². The molecule has 0 fully saturated rings. The summed E-state index contributed by atoms with van der Waals surface area (Å²) in [5.74, 6) is 0.911. The third kappa shape index (κ3) is 4.90. The maximum absolute atomic E-state index is 14.1. The normalized spacial score (nSPS) is 14.6. The third-order valence-electron chi connectivity index (χ3n) is 5.97. The molecular weight excluding hydrogens is 483 g/mol. The van der Waals surface area contributed by atoms with Gasteiger partial charge in [-0.1, -0.05) is 23.5 Å². The second kappa shape index (κ2) is 10.4. The first-order valence-electron chi connectivity index (χ1n) is 11.6. The van der Waals surface area contributed by atoms with Crippen LogP contribution >= 0.6 is 11.3 Å². The molecule has 8 nitrogen and oxygen atoms in total. The molecule has 1 unspecified atom stereocenters. The van der Waals surface area contributed by atoms with Crippen LogP contribution in [0, 0.1) is 5.82 Å². The Morgan fingerprint density at radius 2 is 2.19 bits per heavy atom. The highest BCUT2D eigenvalue weighted by atomic mass is 32.1. The lowest BCUT2D eigenvalue weighted by Crippen LogP contribution is -2.23. The number of nitrogens with one attached hydrogen (secondary N) is 1. The maximum Gasteiger partial charge on any atom is 0.279 e. The van der Waals surface area contributed by atoms with Gasteiger partial charge in [0.15, 0.2) is 11.6 Å². The van der Waals surface area contributed by atoms with Gasteiger partial charge in [0.25, 0.3) is 11.1 Å². The molecule has 0 saturated heterocycles. The Morgan fingerprint density at radius 3 is 3.03 bits per heavy atom. The van der Waals surface area contributed by atoms with Crippen LogP contribution in [0.15, 0.2) is 54.9 Å². The number of nitrogens with zero attached hydrogens (tertiary/aromatic N) is 3. The molecule has 0 radical (unpaired) electrons. The van der Waals surface area contributed by atoms with Crippen molar-refractivity contribution in [2.45, 2.75) is 39.0 Å². The number of aryl methyl sites for hydroxylation is 2. The summed E-state index contributed by atoms with van der Waals surface area (Å²) in [6, 6.07) is 12.3. The van der Waals surface area contributed by atoms with E-state index in [0.29, 0.717) is 34.3 Å². The SMILES string of the molecule is CCn1nccc1CNC(=O)c1cnc(Oc2ccc3c(c2)CCC(c2cccc(F)c2OC)O3)s1. The molecule has 1 aliphatic heterocycles. The van der Waals surface area contributed by atoms with Gasteiger partial charge in [0.2, 0.25) is 0 Å². The monoisotopic (exact) mass is 508 g/mol. The summed E-state index contributed by atoms with van der Waals surface area (Å²) < 4.78 is 33.3. The molecule has 0 aliphatic carbocycles. The second-order valence-electron chi connectivity index (χ2n) is 8.19. The first-order valence-corrected chi connectivity index (χ1v) is 12.4. The predicted octanol–water partition coefficient (Wildman–Crippen LogP) is 5.30. The summed E-state index contributed by atoms with van der Waals surface area (Å²) >= 11 is 1.18. The Morgan fingerprint density at radius 1 is 1.31 bits per heavy atom. The Labute approximate surface area is 211 Å². The largest absolute Gasteiger partial charge is 0.493 e. The standard InChI is InChI=1S/C26H25FN4O4S/c1-3-31-17(11-12-30-31)14-28-25(32)23-15-29-26(36-23)34-18-8-10-21-16(13-18)7-9-22(35-21)19-5-4-6-20(27)24(19)33-2/h4-6,8,10-13,15,22H,3,7,9,14H2,1-2H3,(H,28,32). The lowest BCUT2D eigenvalue weighted by molar-refractivity contribution is 0.0953. The summed E-state index contributed by atoms with van der Waals surface area (Å²) in [4.78, 5) is 17.2. The molecule has 1 atom stereocenters. The molecule has 0 bridgehead atoms. The number of carbonyl (C=O) groups excluding carboxylic acids is 1. The molecule has 36 heavy (non-hydrogen) atoms. The van der Waals surface area contributed by atoms with E-state index in [0.717, 1.165) is 30.0 Å². The van der Waals surface area contributed by atoms with Crippen LogP contribution in [-0.4, -0.2) is 27.8 Å². The van der Waals surface area contributed by atoms with E-state index in [1.807, 2.05) is 35.9 Å². The Hall–Kier alpha value is -3.92. The molecule has 5 rings (SSSR count). The number of methoxy groups -OCH3 is 1. The van der Waals surface area contributed by atoms with E-state index in [9.17, 15) is 9.18 Å². The van der Waals surface area contributed by atoms with Crippen molar-refractivity contribution in [3.63, 3.8) is 0 Å². The van der Waals surface area contributed by atoms with Gasteiger partial charge in [0.05, 0.1) is 25.5 Å². The predicted molar refractivity (Wildman–Crippen MR) is 132 cm³/mol. The minimum atomic E-state index is -0.405. The lowest BCUT2D eigenvalue weighted by atomic mass is 9.96. The van der Waals surface area contributed by atoms with Crippen molar-refractivity contribution in [3.8, 4) is 22.4 Å². The zero-order chi connectivity index (χ0) is 25.1. The van der Waals surface area contributed by atoms with Crippen molar-refractivity contribution in [2.24, 2.45) is 0 Å². The minimum Gasteiger partial charge on any atom is -0.493 e. The van der Waals surface area contributed by atoms with Gasteiger partial charge >= 0.3 is 0 Å². The number of benzene rings is 2. The molecule has 0 saturated carbocycles. The van der Waals surface area contributed by atoms with E-state index in [1.165, 1.54) is 30.7 Å². The first-order chi connectivity index (χ1) is 17.6. The Balaban J connectivity index is 1.22. The molecule has 186 valence electrons. The highest BCUT2D eigenvalue weighted by molar-refractivity contribution is 7.15. The summed E-state index contributed by atoms with van der Waals surface area (Å²) in [6.07, 6.45) is 4.33. The van der Waals surface area contributed by atoms with Crippen molar-refractivity contribution >= 4 is 17.2 Å². The average molecular weight is 509 g/mol. The van der Waals surface area contributed by atoms with E-state index >= 15 is 0 Å². The lowest BCUT2D eigenvalue weighted by Gasteiger charge is -2.27. The summed E-state index contributed by atoms with van der Waals surface area (Å²) in [7, 11) is 1.46. The number of carbonyl (C=O) groups is 1. The van der Waals surface area contributed by atoms with Gasteiger partial charge in [-0.25, -0.2) is 9.37 Å². The van der Waals surface area contributed by atoms with Crippen molar-refractivity contribution in [3.05, 3.63) is 82.4 Å². The van der Waals surface area contributed by atoms with E-state index in [-0.39, 0.29) is 17.8 Å². The van der Waals surface area contributed by atoms with Gasteiger partial charge < -0.3 is 19.5 Å². The number of halogens is 1. The zero-order valence-electron chi connectivity index (χ0n) is 19.9. The van der Waals surface area contributed by atoms with Crippen LogP contribution in [0.25, 0.3) is 0 Å². The molecule has 2 aromatic carbocycles. The number of amides is 1. The van der Waals surface area contributed by atoms with Gasteiger partial charge in [-0.3, -0.25) is 9.48 Å². The van der Waals surface area contributed by atoms with Crippen LogP contribution in [0.4, 0.5) is 4.39 Å². The number of para-hydroxylation sites is 1. The number of ether oxygens (including phenoxy) is 3. The fourth-order valence-electron chi connectivity index (χ4n) is 4.21. The first kappa shape index (κ1) is 23.8. The molecule has 1 amide bonds. The van der Waals surface area contributed by atoms with Gasteiger partial charge in [-0.2, -0.15) is 5.10 Å². The highest BCUT2D eigenvalue weighted by Crippen LogP contribution is 2.40. The van der Waals surface area contributed by atoms with Crippen molar-refractivity contribution < 1.29 is 23.4 Å². The van der Waals surface area contributed by atoms with Crippen LogP contribution in [0.1, 0.15) is 45.9 Å². The topological polar surface area (TPSA) is 87.5 Å². The number of aromatic nitrogens is 3.